The molecule has 168 valence electrons. The molecule has 0 aliphatic rings. The summed E-state index contributed by atoms with van der Waals surface area (Å²) in [6.07, 6.45) is 1.04. The maximum absolute atomic E-state index is 12.6. The van der Waals surface area contributed by atoms with E-state index in [2.05, 4.69) is 10.8 Å². The summed E-state index contributed by atoms with van der Waals surface area (Å²) in [5.41, 5.74) is 10.6. The van der Waals surface area contributed by atoms with Crippen molar-refractivity contribution in [2.75, 3.05) is 6.61 Å². The zero-order chi connectivity index (χ0) is 22.7. The second-order valence-corrected chi connectivity index (χ2v) is 8.31. The van der Waals surface area contributed by atoms with Gasteiger partial charge in [0.25, 0.3) is 5.91 Å². The molecule has 0 aliphatic heterocycles. The van der Waals surface area contributed by atoms with Gasteiger partial charge in [0.15, 0.2) is 0 Å². The quantitative estimate of drug-likeness (QED) is 0.399. The predicted octanol–water partition coefficient (Wildman–Crippen LogP) is 3.26. The number of nitrogens with one attached hydrogen (secondary N) is 2. The van der Waals surface area contributed by atoms with Gasteiger partial charge < -0.3 is 15.8 Å². The number of hydrogen-bond donors (Lipinski definition) is 3. The van der Waals surface area contributed by atoms with Gasteiger partial charge in [0.1, 0.15) is 11.6 Å². The molecule has 2 aromatic carbocycles. The summed E-state index contributed by atoms with van der Waals surface area (Å²) in [5, 5.41) is 2.65. The van der Waals surface area contributed by atoms with Gasteiger partial charge in [-0.25, -0.2) is 10.3 Å². The number of carbonyl (C=O) groups excluding carboxylic acids is 2. The van der Waals surface area contributed by atoms with E-state index in [4.69, 9.17) is 15.3 Å². The molecule has 0 aromatic heterocycles. The smallest absolute Gasteiger partial charge is 0.408 e. The molecule has 1 atom stereocenters. The van der Waals surface area contributed by atoms with Crippen LogP contribution in [0.1, 0.15) is 43.9 Å². The van der Waals surface area contributed by atoms with Gasteiger partial charge in [-0.3, -0.25) is 9.63 Å². The van der Waals surface area contributed by atoms with Crippen LogP contribution in [0.5, 0.6) is 0 Å². The average molecular weight is 428 g/mol. The first-order chi connectivity index (χ1) is 14.8. The van der Waals surface area contributed by atoms with Gasteiger partial charge in [0.2, 0.25) is 0 Å². The van der Waals surface area contributed by atoms with Crippen molar-refractivity contribution in [3.8, 4) is 0 Å². The van der Waals surface area contributed by atoms with E-state index in [1.807, 2.05) is 54.6 Å². The van der Waals surface area contributed by atoms with Crippen LogP contribution in [0.4, 0.5) is 4.79 Å². The van der Waals surface area contributed by atoms with Gasteiger partial charge in [0.05, 0.1) is 6.61 Å². The topological polar surface area (TPSA) is 103 Å². The molecule has 0 saturated heterocycles. The lowest BCUT2D eigenvalue weighted by molar-refractivity contribution is -0.135. The lowest BCUT2D eigenvalue weighted by atomic mass is 10.1. The number of rotatable bonds is 10. The van der Waals surface area contributed by atoms with Crippen LogP contribution in [0.2, 0.25) is 0 Å². The van der Waals surface area contributed by atoms with Crippen LogP contribution < -0.4 is 16.5 Å². The zero-order valence-corrected chi connectivity index (χ0v) is 18.5. The highest BCUT2D eigenvalue weighted by molar-refractivity contribution is 5.84. The number of ether oxygens (including phenoxy) is 1. The molecule has 0 heterocycles. The Balaban J connectivity index is 1.87. The molecule has 0 aliphatic carbocycles. The number of aryl methyl sites for hydroxylation is 1. The van der Waals surface area contributed by atoms with Gasteiger partial charge >= 0.3 is 6.09 Å². The highest BCUT2D eigenvalue weighted by Crippen LogP contribution is 2.10. The van der Waals surface area contributed by atoms with E-state index in [0.29, 0.717) is 32.4 Å². The molecule has 2 aromatic rings. The molecule has 31 heavy (non-hydrogen) atoms. The van der Waals surface area contributed by atoms with Crippen LogP contribution >= 0.6 is 0 Å². The molecule has 0 fully saturated rings. The minimum Gasteiger partial charge on any atom is -0.444 e. The van der Waals surface area contributed by atoms with Gasteiger partial charge in [-0.05, 0) is 56.7 Å². The molecular formula is C24H33N3O4. The lowest BCUT2D eigenvalue weighted by Gasteiger charge is -2.23. The van der Waals surface area contributed by atoms with Crippen molar-refractivity contribution in [3.63, 3.8) is 0 Å². The van der Waals surface area contributed by atoms with E-state index in [0.717, 1.165) is 16.7 Å². The van der Waals surface area contributed by atoms with E-state index >= 15 is 0 Å². The molecule has 2 rings (SSSR count). The monoisotopic (exact) mass is 427 g/mol. The third-order valence-corrected chi connectivity index (χ3v) is 4.50. The Morgan fingerprint density at radius 3 is 2.16 bits per heavy atom. The van der Waals surface area contributed by atoms with E-state index in [-0.39, 0.29) is 0 Å². The number of alkyl carbamates (subject to hydrolysis) is 1. The second-order valence-electron chi connectivity index (χ2n) is 8.31. The van der Waals surface area contributed by atoms with Crippen molar-refractivity contribution in [2.24, 2.45) is 5.73 Å². The number of carbonyl (C=O) groups is 2. The third-order valence-electron chi connectivity index (χ3n) is 4.50. The maximum Gasteiger partial charge on any atom is 0.408 e. The summed E-state index contributed by atoms with van der Waals surface area (Å²) >= 11 is 0. The van der Waals surface area contributed by atoms with Crippen LogP contribution in [-0.4, -0.2) is 30.3 Å². The average Bonchev–Trinajstić information content (AvgIpc) is 2.74. The Morgan fingerprint density at radius 1 is 0.935 bits per heavy atom. The highest BCUT2D eigenvalue weighted by Gasteiger charge is 2.24. The van der Waals surface area contributed by atoms with Crippen molar-refractivity contribution >= 4 is 12.0 Å². The molecule has 7 nitrogen and oxygen atoms in total. The first-order valence-electron chi connectivity index (χ1n) is 10.5. The fraction of sp³-hybridized carbons (Fsp3) is 0.417. The fourth-order valence-electron chi connectivity index (χ4n) is 2.88. The first-order valence-corrected chi connectivity index (χ1v) is 10.5. The van der Waals surface area contributed by atoms with Crippen molar-refractivity contribution in [3.05, 3.63) is 71.3 Å². The largest absolute Gasteiger partial charge is 0.444 e. The molecule has 0 spiro atoms. The van der Waals surface area contributed by atoms with Crippen LogP contribution in [0.25, 0.3) is 0 Å². The molecule has 7 heteroatoms. The van der Waals surface area contributed by atoms with Gasteiger partial charge in [-0.1, -0.05) is 54.6 Å². The van der Waals surface area contributed by atoms with Crippen LogP contribution in [-0.2, 0) is 33.8 Å². The third kappa shape index (κ3) is 9.63. The fourth-order valence-corrected chi connectivity index (χ4v) is 2.88. The van der Waals surface area contributed by atoms with E-state index in [1.54, 1.807) is 20.8 Å². The number of amides is 2. The van der Waals surface area contributed by atoms with Crippen molar-refractivity contribution in [1.82, 2.24) is 10.8 Å². The predicted molar refractivity (Wildman–Crippen MR) is 120 cm³/mol. The van der Waals surface area contributed by atoms with Crippen LogP contribution in [0.3, 0.4) is 0 Å². The van der Waals surface area contributed by atoms with E-state index < -0.39 is 23.6 Å². The summed E-state index contributed by atoms with van der Waals surface area (Å²) in [6.45, 7) is 6.13. The van der Waals surface area contributed by atoms with Crippen molar-refractivity contribution in [2.45, 2.75) is 58.2 Å². The zero-order valence-electron chi connectivity index (χ0n) is 18.5. The lowest BCUT2D eigenvalue weighted by Crippen LogP contribution is -2.48. The first kappa shape index (κ1) is 24.4. The Hall–Kier alpha value is -2.90. The Labute approximate surface area is 184 Å². The number of hydrogen-bond acceptors (Lipinski definition) is 5. The summed E-state index contributed by atoms with van der Waals surface area (Å²) in [6, 6.07) is 16.9. The van der Waals surface area contributed by atoms with Crippen molar-refractivity contribution < 1.29 is 19.2 Å². The van der Waals surface area contributed by atoms with Gasteiger partial charge in [-0.2, -0.15) is 0 Å². The van der Waals surface area contributed by atoms with Gasteiger partial charge in [0, 0.05) is 6.54 Å². The van der Waals surface area contributed by atoms with Crippen LogP contribution in [0.15, 0.2) is 54.6 Å². The highest BCUT2D eigenvalue weighted by atomic mass is 16.7. The standard InChI is InChI=1S/C24H33N3O4/c1-24(2,3)31-23(29)26-21(14-13-18-7-5-4-6-8-18)22(28)27-30-16-15-19-9-11-20(17-25)12-10-19/h4-12,21H,13-17,25H2,1-3H3,(H,26,29)(H,27,28)/t21-/m1/s1. The normalized spacial score (nSPS) is 12.1. The molecule has 4 N–H and O–H groups in total. The summed E-state index contributed by atoms with van der Waals surface area (Å²) in [7, 11) is 0. The number of benzene rings is 2. The number of hydroxylamine groups is 1. The Morgan fingerprint density at radius 2 is 1.55 bits per heavy atom. The van der Waals surface area contributed by atoms with E-state index in [1.165, 1.54) is 0 Å². The van der Waals surface area contributed by atoms with Gasteiger partial charge in [-0.15, -0.1) is 0 Å². The summed E-state index contributed by atoms with van der Waals surface area (Å²) in [5.74, 6) is -0.416. The molecule has 0 bridgehead atoms. The van der Waals surface area contributed by atoms with Crippen molar-refractivity contribution in [1.29, 1.82) is 0 Å². The summed E-state index contributed by atoms with van der Waals surface area (Å²) in [4.78, 5) is 30.2. The van der Waals surface area contributed by atoms with E-state index in [9.17, 15) is 9.59 Å². The summed E-state index contributed by atoms with van der Waals surface area (Å²) < 4.78 is 5.29. The minimum atomic E-state index is -0.779. The molecular weight excluding hydrogens is 394 g/mol. The Kier molecular flexibility index (Phi) is 9.49. The SMILES string of the molecule is CC(C)(C)OC(=O)N[C@H](CCc1ccccc1)C(=O)NOCCc1ccc(CN)cc1. The molecule has 0 radical (unpaired) electrons. The minimum absolute atomic E-state index is 0.311. The van der Waals surface area contributed by atoms with Crippen LogP contribution in [0, 0.1) is 0 Å². The molecule has 0 unspecified atom stereocenters. The second kappa shape index (κ2) is 12.1. The maximum atomic E-state index is 12.6. The molecule has 2 amide bonds. The Bertz CT molecular complexity index is 817. The number of nitrogens with two attached hydrogens (primary N) is 1. The molecule has 0 saturated carbocycles.